The summed E-state index contributed by atoms with van der Waals surface area (Å²) in [5.41, 5.74) is -0.0715. The fraction of sp³-hybridized carbons (Fsp3) is 0. The van der Waals surface area contributed by atoms with E-state index in [1.165, 1.54) is 18.3 Å². The Bertz CT molecular complexity index is 470. The Morgan fingerprint density at radius 3 is 2.85 bits per heavy atom. The first kappa shape index (κ1) is 7.91. The summed E-state index contributed by atoms with van der Waals surface area (Å²) in [7, 11) is 0. The van der Waals surface area contributed by atoms with Gasteiger partial charge < -0.3 is 5.11 Å². The minimum Gasteiger partial charge on any atom is -0.505 e. The van der Waals surface area contributed by atoms with E-state index >= 15 is 0 Å². The van der Waals surface area contributed by atoms with Gasteiger partial charge in [0.15, 0.2) is 17.4 Å². The van der Waals surface area contributed by atoms with Crippen molar-refractivity contribution in [3.8, 4) is 5.75 Å². The molecule has 0 saturated carbocycles. The molecule has 0 spiro atoms. The smallest absolute Gasteiger partial charge is 0.174 e. The first-order valence-electron chi connectivity index (χ1n) is 3.62. The molecule has 0 aliphatic heterocycles. The Morgan fingerprint density at radius 1 is 1.31 bits per heavy atom. The first-order chi connectivity index (χ1) is 6.20. The minimum absolute atomic E-state index is 0.0139. The molecule has 66 valence electrons. The Balaban J connectivity index is 2.97. The minimum atomic E-state index is -0.843. The fourth-order valence-corrected chi connectivity index (χ4v) is 1.16. The number of fused-ring (bicyclic) bond motifs is 1. The maximum absolute atomic E-state index is 13.1. The van der Waals surface area contributed by atoms with Gasteiger partial charge in [-0.1, -0.05) is 0 Å². The van der Waals surface area contributed by atoms with E-state index in [4.69, 9.17) is 5.11 Å². The standard InChI is InChI=1S/C9H5F2NO/c10-6-4-7(13)8(11)5-2-1-3-12-9(5)6/h1-4,13H. The van der Waals surface area contributed by atoms with Crippen molar-refractivity contribution >= 4 is 10.9 Å². The van der Waals surface area contributed by atoms with Crippen molar-refractivity contribution in [2.24, 2.45) is 0 Å². The molecule has 2 rings (SSSR count). The molecule has 13 heavy (non-hydrogen) atoms. The van der Waals surface area contributed by atoms with Crippen molar-refractivity contribution in [1.82, 2.24) is 4.98 Å². The third-order valence-corrected chi connectivity index (χ3v) is 1.76. The highest BCUT2D eigenvalue weighted by Gasteiger charge is 2.11. The SMILES string of the molecule is Oc1cc(F)c2ncccc2c1F. The van der Waals surface area contributed by atoms with Crippen LogP contribution < -0.4 is 0 Å². The lowest BCUT2D eigenvalue weighted by Gasteiger charge is -2.01. The second-order valence-electron chi connectivity index (χ2n) is 2.59. The van der Waals surface area contributed by atoms with E-state index in [1.807, 2.05) is 0 Å². The van der Waals surface area contributed by atoms with Crippen LogP contribution in [0.5, 0.6) is 5.75 Å². The number of benzene rings is 1. The number of nitrogens with zero attached hydrogens (tertiary/aromatic N) is 1. The number of phenolic OH excluding ortho intramolecular Hbond substituents is 1. The molecule has 2 nitrogen and oxygen atoms in total. The molecule has 1 aromatic carbocycles. The molecule has 0 atom stereocenters. The topological polar surface area (TPSA) is 33.1 Å². The Labute approximate surface area is 72.5 Å². The van der Waals surface area contributed by atoms with Crippen LogP contribution in [0.1, 0.15) is 0 Å². The normalized spacial score (nSPS) is 10.6. The van der Waals surface area contributed by atoms with Crippen LogP contribution in [0, 0.1) is 11.6 Å². The molecule has 1 N–H and O–H groups in total. The second-order valence-corrected chi connectivity index (χ2v) is 2.59. The number of aromatic nitrogens is 1. The highest BCUT2D eigenvalue weighted by Crippen LogP contribution is 2.26. The zero-order chi connectivity index (χ0) is 9.42. The Morgan fingerprint density at radius 2 is 2.08 bits per heavy atom. The second kappa shape index (κ2) is 2.65. The highest BCUT2D eigenvalue weighted by molar-refractivity contribution is 5.81. The van der Waals surface area contributed by atoms with E-state index in [2.05, 4.69) is 4.98 Å². The summed E-state index contributed by atoms with van der Waals surface area (Å²) in [6.45, 7) is 0. The van der Waals surface area contributed by atoms with Gasteiger partial charge in [-0.15, -0.1) is 0 Å². The average Bonchev–Trinajstić information content (AvgIpc) is 2.15. The third-order valence-electron chi connectivity index (χ3n) is 1.76. The van der Waals surface area contributed by atoms with Crippen molar-refractivity contribution in [3.05, 3.63) is 36.0 Å². The molecule has 0 bridgehead atoms. The fourth-order valence-electron chi connectivity index (χ4n) is 1.16. The number of phenols is 1. The Kier molecular flexibility index (Phi) is 1.62. The number of hydrogen-bond donors (Lipinski definition) is 1. The number of pyridine rings is 1. The predicted molar refractivity (Wildman–Crippen MR) is 43.3 cm³/mol. The molecule has 0 aliphatic rings. The van der Waals surface area contributed by atoms with Gasteiger partial charge in [-0.2, -0.15) is 0 Å². The Hall–Kier alpha value is -1.71. The van der Waals surface area contributed by atoms with E-state index in [9.17, 15) is 8.78 Å². The molecular weight excluding hydrogens is 176 g/mol. The van der Waals surface area contributed by atoms with Crippen molar-refractivity contribution in [1.29, 1.82) is 0 Å². The van der Waals surface area contributed by atoms with E-state index in [-0.39, 0.29) is 10.9 Å². The molecule has 2 aromatic rings. The summed E-state index contributed by atoms with van der Waals surface area (Å²) in [5, 5.41) is 8.94. The first-order valence-corrected chi connectivity index (χ1v) is 3.62. The van der Waals surface area contributed by atoms with Crippen molar-refractivity contribution in [3.63, 3.8) is 0 Å². The molecule has 0 unspecified atom stereocenters. The molecule has 0 saturated heterocycles. The van der Waals surface area contributed by atoms with Gasteiger partial charge in [-0.3, -0.25) is 4.98 Å². The van der Waals surface area contributed by atoms with E-state index in [0.29, 0.717) is 6.07 Å². The van der Waals surface area contributed by atoms with Gasteiger partial charge in [0, 0.05) is 17.6 Å². The lowest BCUT2D eigenvalue weighted by atomic mass is 10.2. The summed E-state index contributed by atoms with van der Waals surface area (Å²) in [6, 6.07) is 3.55. The van der Waals surface area contributed by atoms with Crippen LogP contribution in [-0.2, 0) is 0 Å². The maximum atomic E-state index is 13.1. The van der Waals surface area contributed by atoms with Gasteiger partial charge in [0.2, 0.25) is 0 Å². The van der Waals surface area contributed by atoms with Crippen molar-refractivity contribution < 1.29 is 13.9 Å². The maximum Gasteiger partial charge on any atom is 0.174 e. The molecule has 0 fully saturated rings. The van der Waals surface area contributed by atoms with Crippen LogP contribution >= 0.6 is 0 Å². The third kappa shape index (κ3) is 1.11. The van der Waals surface area contributed by atoms with E-state index < -0.39 is 17.4 Å². The van der Waals surface area contributed by atoms with Gasteiger partial charge in [-0.25, -0.2) is 8.78 Å². The quantitative estimate of drug-likeness (QED) is 0.675. The van der Waals surface area contributed by atoms with Crippen LogP contribution in [0.15, 0.2) is 24.4 Å². The van der Waals surface area contributed by atoms with Gasteiger partial charge in [0.25, 0.3) is 0 Å². The van der Waals surface area contributed by atoms with Crippen LogP contribution in [0.4, 0.5) is 8.78 Å². The zero-order valence-electron chi connectivity index (χ0n) is 6.46. The highest BCUT2D eigenvalue weighted by atomic mass is 19.1. The van der Waals surface area contributed by atoms with Gasteiger partial charge in [0.1, 0.15) is 5.52 Å². The zero-order valence-corrected chi connectivity index (χ0v) is 6.46. The lowest BCUT2D eigenvalue weighted by Crippen LogP contribution is -1.88. The van der Waals surface area contributed by atoms with Crippen LogP contribution in [0.3, 0.4) is 0 Å². The molecule has 0 amide bonds. The average molecular weight is 181 g/mol. The van der Waals surface area contributed by atoms with Gasteiger partial charge >= 0.3 is 0 Å². The molecule has 1 aromatic heterocycles. The molecule has 0 aliphatic carbocycles. The van der Waals surface area contributed by atoms with E-state index in [0.717, 1.165) is 0 Å². The summed E-state index contributed by atoms with van der Waals surface area (Å²) < 4.78 is 26.2. The predicted octanol–water partition coefficient (Wildman–Crippen LogP) is 2.22. The summed E-state index contributed by atoms with van der Waals surface area (Å²) in [5.74, 6) is -2.27. The number of rotatable bonds is 0. The van der Waals surface area contributed by atoms with Crippen LogP contribution in [0.25, 0.3) is 10.9 Å². The van der Waals surface area contributed by atoms with E-state index in [1.54, 1.807) is 0 Å². The molecular formula is C9H5F2NO. The molecule has 4 heteroatoms. The van der Waals surface area contributed by atoms with Crippen LogP contribution in [0.2, 0.25) is 0 Å². The van der Waals surface area contributed by atoms with Crippen LogP contribution in [-0.4, -0.2) is 10.1 Å². The summed E-state index contributed by atoms with van der Waals surface area (Å²) >= 11 is 0. The lowest BCUT2D eigenvalue weighted by molar-refractivity contribution is 0.431. The number of aromatic hydroxyl groups is 1. The number of hydrogen-bond acceptors (Lipinski definition) is 2. The monoisotopic (exact) mass is 181 g/mol. The van der Waals surface area contributed by atoms with Crippen molar-refractivity contribution in [2.75, 3.05) is 0 Å². The van der Waals surface area contributed by atoms with Gasteiger partial charge in [-0.05, 0) is 12.1 Å². The van der Waals surface area contributed by atoms with Gasteiger partial charge in [0.05, 0.1) is 0 Å². The number of halogens is 2. The largest absolute Gasteiger partial charge is 0.505 e. The summed E-state index contributed by atoms with van der Waals surface area (Å²) in [4.78, 5) is 3.66. The summed E-state index contributed by atoms with van der Waals surface area (Å²) in [6.07, 6.45) is 1.36. The molecule has 0 radical (unpaired) electrons. The molecule has 1 heterocycles. The van der Waals surface area contributed by atoms with Crippen molar-refractivity contribution in [2.45, 2.75) is 0 Å².